The number of benzene rings is 1. The van der Waals surface area contributed by atoms with E-state index in [0.29, 0.717) is 5.56 Å². The van der Waals surface area contributed by atoms with Gasteiger partial charge in [-0.25, -0.2) is 0 Å². The van der Waals surface area contributed by atoms with Crippen LogP contribution in [-0.4, -0.2) is 11.2 Å². The lowest BCUT2D eigenvalue weighted by atomic mass is 10.0. The minimum atomic E-state index is -4.35. The van der Waals surface area contributed by atoms with Gasteiger partial charge in [-0.3, -0.25) is 0 Å². The van der Waals surface area contributed by atoms with Gasteiger partial charge in [0.25, 0.3) is 0 Å². The molecule has 0 aromatic heterocycles. The van der Waals surface area contributed by atoms with Crippen LogP contribution in [0.5, 0.6) is 0 Å². The van der Waals surface area contributed by atoms with E-state index < -0.39 is 17.8 Å². The molecule has 86 valence electrons. The van der Waals surface area contributed by atoms with Crippen molar-refractivity contribution in [1.29, 1.82) is 0 Å². The van der Waals surface area contributed by atoms with Crippen molar-refractivity contribution in [1.82, 2.24) is 0 Å². The van der Waals surface area contributed by atoms with E-state index in [9.17, 15) is 18.3 Å². The van der Waals surface area contributed by atoms with Gasteiger partial charge in [0.05, 0.1) is 11.7 Å². The predicted octanol–water partition coefficient (Wildman–Crippen LogP) is 2.63. The van der Waals surface area contributed by atoms with Crippen LogP contribution in [0, 0.1) is 12.3 Å². The molecular weight excluding hydrogens is 217 g/mol. The molecule has 0 saturated heterocycles. The van der Waals surface area contributed by atoms with Crippen molar-refractivity contribution in [2.45, 2.75) is 25.1 Å². The van der Waals surface area contributed by atoms with Gasteiger partial charge in [0.15, 0.2) is 0 Å². The molecular formula is C12H11F3O. The van der Waals surface area contributed by atoms with Gasteiger partial charge in [-0.2, -0.15) is 13.2 Å². The molecule has 0 bridgehead atoms. The van der Waals surface area contributed by atoms with Crippen LogP contribution in [0.2, 0.25) is 0 Å². The number of terminal acetylenes is 1. The Labute approximate surface area is 91.9 Å². The minimum Gasteiger partial charge on any atom is -0.392 e. The monoisotopic (exact) mass is 228 g/mol. The summed E-state index contributed by atoms with van der Waals surface area (Å²) < 4.78 is 37.1. The maximum absolute atomic E-state index is 12.4. The van der Waals surface area contributed by atoms with Gasteiger partial charge in [0.1, 0.15) is 0 Å². The zero-order chi connectivity index (χ0) is 12.2. The second kappa shape index (κ2) is 5.04. The summed E-state index contributed by atoms with van der Waals surface area (Å²) in [5.74, 6) is 2.26. The Balaban J connectivity index is 2.80. The SMILES string of the molecule is C#CCC(O)Cc1cccc(C(F)(F)F)c1. The molecule has 1 nitrogen and oxygen atoms in total. The quantitative estimate of drug-likeness (QED) is 0.788. The number of halogens is 3. The zero-order valence-corrected chi connectivity index (χ0v) is 8.46. The molecule has 1 rings (SSSR count). The standard InChI is InChI=1S/C12H11F3O/c1-2-4-11(16)8-9-5-3-6-10(7-9)12(13,14)15/h1,3,5-7,11,16H,4,8H2. The third-order valence-corrected chi connectivity index (χ3v) is 2.08. The second-order valence-corrected chi connectivity index (χ2v) is 3.46. The number of hydrogen-bond donors (Lipinski definition) is 1. The molecule has 0 saturated carbocycles. The Hall–Kier alpha value is -1.47. The molecule has 1 atom stereocenters. The summed E-state index contributed by atoms with van der Waals surface area (Å²) in [4.78, 5) is 0. The van der Waals surface area contributed by atoms with Crippen LogP contribution in [0.4, 0.5) is 13.2 Å². The van der Waals surface area contributed by atoms with E-state index in [1.54, 1.807) is 0 Å². The lowest BCUT2D eigenvalue weighted by Crippen LogP contribution is -2.11. The van der Waals surface area contributed by atoms with Crippen molar-refractivity contribution >= 4 is 0 Å². The van der Waals surface area contributed by atoms with Gasteiger partial charge >= 0.3 is 6.18 Å². The summed E-state index contributed by atoms with van der Waals surface area (Å²) in [6, 6.07) is 4.88. The molecule has 0 fully saturated rings. The third-order valence-electron chi connectivity index (χ3n) is 2.08. The zero-order valence-electron chi connectivity index (χ0n) is 8.46. The normalized spacial score (nSPS) is 13.2. The number of aliphatic hydroxyl groups excluding tert-OH is 1. The summed E-state index contributed by atoms with van der Waals surface area (Å²) in [6.07, 6.45) is 0.109. The molecule has 1 aromatic carbocycles. The van der Waals surface area contributed by atoms with Crippen molar-refractivity contribution in [3.05, 3.63) is 35.4 Å². The van der Waals surface area contributed by atoms with Crippen LogP contribution in [0.3, 0.4) is 0 Å². The van der Waals surface area contributed by atoms with E-state index in [1.807, 2.05) is 0 Å². The van der Waals surface area contributed by atoms with E-state index in [0.717, 1.165) is 12.1 Å². The topological polar surface area (TPSA) is 20.2 Å². The smallest absolute Gasteiger partial charge is 0.392 e. The van der Waals surface area contributed by atoms with Crippen molar-refractivity contribution in [2.75, 3.05) is 0 Å². The Morgan fingerprint density at radius 1 is 1.38 bits per heavy atom. The fourth-order valence-corrected chi connectivity index (χ4v) is 1.35. The first-order valence-electron chi connectivity index (χ1n) is 4.71. The van der Waals surface area contributed by atoms with Crippen LogP contribution in [0.1, 0.15) is 17.5 Å². The summed E-state index contributed by atoms with van der Waals surface area (Å²) in [7, 11) is 0. The largest absolute Gasteiger partial charge is 0.416 e. The molecule has 1 unspecified atom stereocenters. The summed E-state index contributed by atoms with van der Waals surface area (Å²) in [5, 5.41) is 9.37. The molecule has 1 N–H and O–H groups in total. The number of hydrogen-bond acceptors (Lipinski definition) is 1. The van der Waals surface area contributed by atoms with Gasteiger partial charge in [-0.1, -0.05) is 18.2 Å². The summed E-state index contributed by atoms with van der Waals surface area (Å²) >= 11 is 0. The van der Waals surface area contributed by atoms with E-state index in [1.165, 1.54) is 12.1 Å². The molecule has 16 heavy (non-hydrogen) atoms. The Morgan fingerprint density at radius 3 is 2.62 bits per heavy atom. The second-order valence-electron chi connectivity index (χ2n) is 3.46. The molecule has 0 amide bonds. The maximum Gasteiger partial charge on any atom is 0.416 e. The highest BCUT2D eigenvalue weighted by Crippen LogP contribution is 2.29. The highest BCUT2D eigenvalue weighted by Gasteiger charge is 2.30. The van der Waals surface area contributed by atoms with Crippen LogP contribution in [0.25, 0.3) is 0 Å². The van der Waals surface area contributed by atoms with Gasteiger partial charge in [0, 0.05) is 6.42 Å². The van der Waals surface area contributed by atoms with Crippen LogP contribution in [0.15, 0.2) is 24.3 Å². The molecule has 0 heterocycles. The first kappa shape index (κ1) is 12.6. The van der Waals surface area contributed by atoms with Crippen LogP contribution >= 0.6 is 0 Å². The molecule has 0 aliphatic carbocycles. The summed E-state index contributed by atoms with van der Waals surface area (Å²) in [5.41, 5.74) is -0.282. The molecule has 0 aliphatic rings. The predicted molar refractivity (Wildman–Crippen MR) is 54.6 cm³/mol. The molecule has 4 heteroatoms. The lowest BCUT2D eigenvalue weighted by molar-refractivity contribution is -0.137. The molecule has 0 spiro atoms. The Bertz CT molecular complexity index is 390. The number of alkyl halides is 3. The Kier molecular flexibility index (Phi) is 3.97. The van der Waals surface area contributed by atoms with Gasteiger partial charge in [-0.15, -0.1) is 12.3 Å². The van der Waals surface area contributed by atoms with Crippen LogP contribution in [-0.2, 0) is 12.6 Å². The van der Waals surface area contributed by atoms with Gasteiger partial charge in [0.2, 0.25) is 0 Å². The first-order chi connectivity index (χ1) is 7.43. The third kappa shape index (κ3) is 3.59. The van der Waals surface area contributed by atoms with E-state index in [2.05, 4.69) is 5.92 Å². The molecule has 0 aliphatic heterocycles. The fourth-order valence-electron chi connectivity index (χ4n) is 1.35. The first-order valence-corrected chi connectivity index (χ1v) is 4.71. The number of aliphatic hydroxyl groups is 1. The number of rotatable bonds is 3. The van der Waals surface area contributed by atoms with E-state index >= 15 is 0 Å². The van der Waals surface area contributed by atoms with Crippen molar-refractivity contribution in [3.63, 3.8) is 0 Å². The highest BCUT2D eigenvalue weighted by molar-refractivity contribution is 5.26. The van der Waals surface area contributed by atoms with Crippen molar-refractivity contribution < 1.29 is 18.3 Å². The van der Waals surface area contributed by atoms with Crippen molar-refractivity contribution in [2.24, 2.45) is 0 Å². The fraction of sp³-hybridized carbons (Fsp3) is 0.333. The Morgan fingerprint density at radius 2 is 2.06 bits per heavy atom. The minimum absolute atomic E-state index is 0.133. The summed E-state index contributed by atoms with van der Waals surface area (Å²) in [6.45, 7) is 0. The van der Waals surface area contributed by atoms with E-state index in [4.69, 9.17) is 6.42 Å². The average Bonchev–Trinajstić information content (AvgIpc) is 2.17. The van der Waals surface area contributed by atoms with Gasteiger partial charge in [-0.05, 0) is 18.1 Å². The van der Waals surface area contributed by atoms with Crippen LogP contribution < -0.4 is 0 Å². The highest BCUT2D eigenvalue weighted by atomic mass is 19.4. The van der Waals surface area contributed by atoms with Crippen molar-refractivity contribution in [3.8, 4) is 12.3 Å². The molecule has 0 radical (unpaired) electrons. The maximum atomic E-state index is 12.4. The average molecular weight is 228 g/mol. The van der Waals surface area contributed by atoms with Gasteiger partial charge < -0.3 is 5.11 Å². The molecule has 1 aromatic rings. The lowest BCUT2D eigenvalue weighted by Gasteiger charge is -2.10. The van der Waals surface area contributed by atoms with E-state index in [-0.39, 0.29) is 12.8 Å².